The molecule has 25 heavy (non-hydrogen) atoms. The van der Waals surface area contributed by atoms with Crippen molar-refractivity contribution in [3.8, 4) is 0 Å². The van der Waals surface area contributed by atoms with Crippen LogP contribution in [0.4, 0.5) is 10.1 Å². The average molecular weight is 348 g/mol. The van der Waals surface area contributed by atoms with Gasteiger partial charge in [0.2, 0.25) is 11.8 Å². The first kappa shape index (κ1) is 17.9. The van der Waals surface area contributed by atoms with E-state index in [9.17, 15) is 14.0 Å². The monoisotopic (exact) mass is 348 g/mol. The number of rotatable bonds is 4. The van der Waals surface area contributed by atoms with E-state index in [1.807, 2.05) is 0 Å². The Labute approximate surface area is 147 Å². The molecule has 2 aliphatic heterocycles. The SMILES string of the molecule is CCC1(NC(=O)[C@H]2CC(=O)N(c3ccc(C)cc3F)C2)CCOCC1. The van der Waals surface area contributed by atoms with Gasteiger partial charge in [-0.05, 0) is 43.9 Å². The summed E-state index contributed by atoms with van der Waals surface area (Å²) in [5.41, 5.74) is 0.801. The molecule has 136 valence electrons. The molecular formula is C19H25FN2O3. The first-order valence-corrected chi connectivity index (χ1v) is 8.90. The Balaban J connectivity index is 1.70. The molecule has 0 unspecified atom stereocenters. The third kappa shape index (κ3) is 3.68. The minimum Gasteiger partial charge on any atom is -0.381 e. The molecule has 0 radical (unpaired) electrons. The standard InChI is InChI=1S/C19H25FN2O3/c1-3-19(6-8-25-9-7-19)21-18(24)14-11-17(23)22(12-14)16-5-4-13(2)10-15(16)20/h4-5,10,14H,3,6-9,11-12H2,1-2H3,(H,21,24)/t14-/m0/s1. The van der Waals surface area contributed by atoms with E-state index in [0.29, 0.717) is 13.2 Å². The Kier molecular flexibility index (Phi) is 5.08. The van der Waals surface area contributed by atoms with E-state index in [2.05, 4.69) is 12.2 Å². The number of benzene rings is 1. The van der Waals surface area contributed by atoms with Gasteiger partial charge in [-0.2, -0.15) is 0 Å². The van der Waals surface area contributed by atoms with Crippen molar-refractivity contribution in [1.82, 2.24) is 5.32 Å². The fraction of sp³-hybridized carbons (Fsp3) is 0.579. The van der Waals surface area contributed by atoms with Crippen LogP contribution in [0.15, 0.2) is 18.2 Å². The van der Waals surface area contributed by atoms with Crippen molar-refractivity contribution in [2.24, 2.45) is 5.92 Å². The maximum Gasteiger partial charge on any atom is 0.227 e. The number of halogens is 1. The molecule has 2 heterocycles. The van der Waals surface area contributed by atoms with E-state index in [-0.39, 0.29) is 36.0 Å². The summed E-state index contributed by atoms with van der Waals surface area (Å²) >= 11 is 0. The van der Waals surface area contributed by atoms with Gasteiger partial charge in [-0.3, -0.25) is 9.59 Å². The highest BCUT2D eigenvalue weighted by Gasteiger charge is 2.40. The van der Waals surface area contributed by atoms with Gasteiger partial charge in [0, 0.05) is 31.7 Å². The Morgan fingerprint density at radius 3 is 2.76 bits per heavy atom. The molecule has 2 amide bonds. The summed E-state index contributed by atoms with van der Waals surface area (Å²) < 4.78 is 19.6. The quantitative estimate of drug-likeness (QED) is 0.910. The summed E-state index contributed by atoms with van der Waals surface area (Å²) in [5, 5.41) is 3.15. The van der Waals surface area contributed by atoms with E-state index in [1.54, 1.807) is 19.1 Å². The molecule has 1 aromatic carbocycles. The first-order valence-electron chi connectivity index (χ1n) is 8.90. The smallest absolute Gasteiger partial charge is 0.227 e. The zero-order valence-electron chi connectivity index (χ0n) is 14.8. The van der Waals surface area contributed by atoms with Gasteiger partial charge >= 0.3 is 0 Å². The highest BCUT2D eigenvalue weighted by atomic mass is 19.1. The van der Waals surface area contributed by atoms with Gasteiger partial charge in [0.05, 0.1) is 11.6 Å². The number of amides is 2. The third-order valence-corrected chi connectivity index (χ3v) is 5.40. The van der Waals surface area contributed by atoms with E-state index < -0.39 is 11.7 Å². The number of hydrogen-bond acceptors (Lipinski definition) is 3. The van der Waals surface area contributed by atoms with E-state index in [0.717, 1.165) is 24.8 Å². The summed E-state index contributed by atoms with van der Waals surface area (Å²) in [7, 11) is 0. The lowest BCUT2D eigenvalue weighted by Crippen LogP contribution is -2.53. The van der Waals surface area contributed by atoms with Gasteiger partial charge in [-0.1, -0.05) is 13.0 Å². The molecule has 2 aliphatic rings. The molecule has 2 saturated heterocycles. The Morgan fingerprint density at radius 2 is 2.12 bits per heavy atom. The van der Waals surface area contributed by atoms with E-state index in [4.69, 9.17) is 4.74 Å². The molecule has 0 saturated carbocycles. The summed E-state index contributed by atoms with van der Waals surface area (Å²) in [4.78, 5) is 26.4. The summed E-state index contributed by atoms with van der Waals surface area (Å²) in [6.07, 6.45) is 2.52. The highest BCUT2D eigenvalue weighted by Crippen LogP contribution is 2.30. The number of aryl methyl sites for hydroxylation is 1. The van der Waals surface area contributed by atoms with Gasteiger partial charge in [0.25, 0.3) is 0 Å². The topological polar surface area (TPSA) is 58.6 Å². The van der Waals surface area contributed by atoms with Gasteiger partial charge in [0.15, 0.2) is 0 Å². The van der Waals surface area contributed by atoms with Crippen LogP contribution in [0, 0.1) is 18.7 Å². The lowest BCUT2D eigenvalue weighted by molar-refractivity contribution is -0.129. The fourth-order valence-electron chi connectivity index (χ4n) is 3.64. The van der Waals surface area contributed by atoms with Gasteiger partial charge in [0.1, 0.15) is 5.82 Å². The van der Waals surface area contributed by atoms with E-state index >= 15 is 0 Å². The van der Waals surface area contributed by atoms with Crippen LogP contribution >= 0.6 is 0 Å². The molecule has 1 atom stereocenters. The van der Waals surface area contributed by atoms with Crippen LogP contribution in [0.5, 0.6) is 0 Å². The van der Waals surface area contributed by atoms with Gasteiger partial charge in [-0.15, -0.1) is 0 Å². The Morgan fingerprint density at radius 1 is 1.40 bits per heavy atom. The summed E-state index contributed by atoms with van der Waals surface area (Å²) in [5.74, 6) is -1.20. The Hall–Kier alpha value is -1.95. The third-order valence-electron chi connectivity index (χ3n) is 5.40. The minimum absolute atomic E-state index is 0.118. The molecule has 1 aromatic rings. The summed E-state index contributed by atoms with van der Waals surface area (Å²) in [6, 6.07) is 4.78. The van der Waals surface area contributed by atoms with Crippen molar-refractivity contribution in [3.63, 3.8) is 0 Å². The van der Waals surface area contributed by atoms with Crippen molar-refractivity contribution in [3.05, 3.63) is 29.6 Å². The van der Waals surface area contributed by atoms with Gasteiger partial charge in [-0.25, -0.2) is 4.39 Å². The number of anilines is 1. The highest BCUT2D eigenvalue weighted by molar-refractivity contribution is 6.00. The predicted octanol–water partition coefficient (Wildman–Crippen LogP) is 2.56. The minimum atomic E-state index is -0.445. The molecule has 3 rings (SSSR count). The van der Waals surface area contributed by atoms with Gasteiger partial charge < -0.3 is 15.0 Å². The van der Waals surface area contributed by atoms with E-state index in [1.165, 1.54) is 11.0 Å². The second-order valence-corrected chi connectivity index (χ2v) is 7.10. The first-order chi connectivity index (χ1) is 11.9. The van der Waals surface area contributed by atoms with Crippen LogP contribution in [-0.2, 0) is 14.3 Å². The molecule has 6 heteroatoms. The number of hydrogen-bond donors (Lipinski definition) is 1. The molecule has 2 fully saturated rings. The molecular weight excluding hydrogens is 323 g/mol. The average Bonchev–Trinajstić information content (AvgIpc) is 2.97. The molecule has 0 aliphatic carbocycles. The number of carbonyl (C=O) groups is 2. The summed E-state index contributed by atoms with van der Waals surface area (Å²) in [6.45, 7) is 5.35. The van der Waals surface area contributed by atoms with Crippen molar-refractivity contribution in [2.45, 2.75) is 45.1 Å². The zero-order chi connectivity index (χ0) is 18.0. The second-order valence-electron chi connectivity index (χ2n) is 7.10. The van der Waals surface area contributed by atoms with Crippen LogP contribution in [-0.4, -0.2) is 37.1 Å². The number of nitrogens with one attached hydrogen (secondary N) is 1. The zero-order valence-corrected chi connectivity index (χ0v) is 14.8. The maximum absolute atomic E-state index is 14.2. The molecule has 0 aromatic heterocycles. The van der Waals surface area contributed by atoms with Crippen molar-refractivity contribution < 1.29 is 18.7 Å². The predicted molar refractivity (Wildman–Crippen MR) is 92.8 cm³/mol. The van der Waals surface area contributed by atoms with Crippen molar-refractivity contribution in [2.75, 3.05) is 24.7 Å². The lowest BCUT2D eigenvalue weighted by Gasteiger charge is -2.38. The molecule has 1 N–H and O–H groups in total. The fourth-order valence-corrected chi connectivity index (χ4v) is 3.64. The lowest BCUT2D eigenvalue weighted by atomic mass is 9.86. The van der Waals surface area contributed by atoms with Crippen LogP contribution in [0.25, 0.3) is 0 Å². The van der Waals surface area contributed by atoms with Crippen LogP contribution < -0.4 is 10.2 Å². The van der Waals surface area contributed by atoms with Crippen molar-refractivity contribution in [1.29, 1.82) is 0 Å². The van der Waals surface area contributed by atoms with Crippen LogP contribution in [0.1, 0.15) is 38.2 Å². The number of carbonyl (C=O) groups excluding carboxylic acids is 2. The number of ether oxygens (including phenoxy) is 1. The van der Waals surface area contributed by atoms with Crippen LogP contribution in [0.2, 0.25) is 0 Å². The van der Waals surface area contributed by atoms with Crippen LogP contribution in [0.3, 0.4) is 0 Å². The maximum atomic E-state index is 14.2. The normalized spacial score (nSPS) is 22.9. The molecule has 0 bridgehead atoms. The molecule has 0 spiro atoms. The van der Waals surface area contributed by atoms with Crippen molar-refractivity contribution >= 4 is 17.5 Å². The number of nitrogens with zero attached hydrogens (tertiary/aromatic N) is 1. The Bertz CT molecular complexity index is 671. The second kappa shape index (κ2) is 7.12. The molecule has 5 nitrogen and oxygen atoms in total. The largest absolute Gasteiger partial charge is 0.381 e.